The summed E-state index contributed by atoms with van der Waals surface area (Å²) in [4.78, 5) is 23.1. The molecule has 2 N–H and O–H groups in total. The van der Waals surface area contributed by atoms with Crippen molar-refractivity contribution in [2.75, 3.05) is 31.6 Å². The van der Waals surface area contributed by atoms with Crippen LogP contribution in [0.15, 0.2) is 41.4 Å². The predicted octanol–water partition coefficient (Wildman–Crippen LogP) is -1.58. The Balaban J connectivity index is 0.00000210. The summed E-state index contributed by atoms with van der Waals surface area (Å²) in [7, 11) is 0. The van der Waals surface area contributed by atoms with E-state index in [1.165, 1.54) is 0 Å². The number of aliphatic imine (C=N–C) groups is 1. The van der Waals surface area contributed by atoms with E-state index in [-0.39, 0.29) is 18.3 Å². The molecule has 1 aromatic carbocycles. The fraction of sp³-hybridized carbons (Fsp3) is 0.278. The Kier molecular flexibility index (Phi) is 6.34. The van der Waals surface area contributed by atoms with Crippen molar-refractivity contribution < 1.29 is 26.8 Å². The number of fused-ring (bicyclic) bond motifs is 1. The number of quaternary nitrogens is 1. The average molecular weight is 428 g/mol. The molecule has 0 spiro atoms. The maximum atomic E-state index is 12.8. The van der Waals surface area contributed by atoms with E-state index < -0.39 is 6.17 Å². The molecule has 6 nitrogen and oxygen atoms in total. The average Bonchev–Trinajstić information content (AvgIpc) is 2.79. The molecule has 3 heterocycles. The SMILES string of the molecule is O=C1Nc2ccc(Cl)nc2C(c2ccccc2Cl)=NC1[NH+]1CCOCC1.[Cl-]. The first-order valence-electron chi connectivity index (χ1n) is 8.36. The molecule has 2 aromatic rings. The van der Waals surface area contributed by atoms with E-state index in [2.05, 4.69) is 10.3 Å². The van der Waals surface area contributed by atoms with Crippen molar-refractivity contribution >= 4 is 40.5 Å². The first-order chi connectivity index (χ1) is 12.6. The van der Waals surface area contributed by atoms with Crippen LogP contribution in [-0.2, 0) is 9.53 Å². The van der Waals surface area contributed by atoms with E-state index in [9.17, 15) is 4.79 Å². The highest BCUT2D eigenvalue weighted by atomic mass is 35.5. The molecule has 1 saturated heterocycles. The lowest BCUT2D eigenvalue weighted by Gasteiger charge is -2.27. The van der Waals surface area contributed by atoms with Crippen molar-refractivity contribution in [3.63, 3.8) is 0 Å². The summed E-state index contributed by atoms with van der Waals surface area (Å²) in [5.74, 6) is -0.172. The van der Waals surface area contributed by atoms with Crippen LogP contribution >= 0.6 is 23.2 Å². The third-order valence-electron chi connectivity index (χ3n) is 4.50. The summed E-state index contributed by atoms with van der Waals surface area (Å²) in [6, 6.07) is 10.8. The van der Waals surface area contributed by atoms with E-state index in [0.29, 0.717) is 53.6 Å². The van der Waals surface area contributed by atoms with Gasteiger partial charge in [0.1, 0.15) is 29.6 Å². The summed E-state index contributed by atoms with van der Waals surface area (Å²) in [6.07, 6.45) is -0.599. The second-order valence-corrected chi connectivity index (χ2v) is 6.94. The molecule has 2 aliphatic heterocycles. The summed E-state index contributed by atoms with van der Waals surface area (Å²) in [6.45, 7) is 2.63. The number of amides is 1. The monoisotopic (exact) mass is 426 g/mol. The highest BCUT2D eigenvalue weighted by Crippen LogP contribution is 2.27. The summed E-state index contributed by atoms with van der Waals surface area (Å²) in [5.41, 5.74) is 2.39. The van der Waals surface area contributed by atoms with Gasteiger partial charge in [-0.2, -0.15) is 0 Å². The predicted molar refractivity (Wildman–Crippen MR) is 100 cm³/mol. The van der Waals surface area contributed by atoms with Crippen LogP contribution in [0, 0.1) is 0 Å². The number of hydrogen-bond donors (Lipinski definition) is 2. The number of pyridine rings is 1. The van der Waals surface area contributed by atoms with Gasteiger partial charge in [0.2, 0.25) is 0 Å². The Morgan fingerprint density at radius 1 is 1.11 bits per heavy atom. The maximum Gasteiger partial charge on any atom is 0.306 e. The largest absolute Gasteiger partial charge is 1.00 e. The van der Waals surface area contributed by atoms with Gasteiger partial charge in [-0.05, 0) is 18.2 Å². The molecule has 1 aromatic heterocycles. The zero-order valence-electron chi connectivity index (χ0n) is 14.2. The molecule has 0 aliphatic carbocycles. The number of ether oxygens (including phenoxy) is 1. The van der Waals surface area contributed by atoms with Crippen LogP contribution in [0.25, 0.3) is 0 Å². The molecule has 1 atom stereocenters. The molecule has 27 heavy (non-hydrogen) atoms. The van der Waals surface area contributed by atoms with Gasteiger partial charge in [-0.15, -0.1) is 0 Å². The Labute approximate surface area is 172 Å². The number of hydrogen-bond acceptors (Lipinski definition) is 4. The van der Waals surface area contributed by atoms with Crippen LogP contribution in [0.2, 0.25) is 10.2 Å². The first-order valence-corrected chi connectivity index (χ1v) is 9.12. The molecule has 4 rings (SSSR count). The number of halogens is 3. The smallest absolute Gasteiger partial charge is 0.306 e. The molecule has 142 valence electrons. The molecular weight excluding hydrogens is 411 g/mol. The zero-order valence-corrected chi connectivity index (χ0v) is 16.5. The third-order valence-corrected chi connectivity index (χ3v) is 5.04. The van der Waals surface area contributed by atoms with E-state index in [1.54, 1.807) is 18.2 Å². The number of nitrogens with one attached hydrogen (secondary N) is 2. The number of aromatic nitrogens is 1. The maximum absolute atomic E-state index is 12.8. The minimum atomic E-state index is -0.599. The van der Waals surface area contributed by atoms with Crippen molar-refractivity contribution in [2.45, 2.75) is 6.17 Å². The lowest BCUT2D eigenvalue weighted by Crippen LogP contribution is -3.18. The van der Waals surface area contributed by atoms with E-state index in [4.69, 9.17) is 32.9 Å². The number of morpholine rings is 1. The fourth-order valence-corrected chi connectivity index (χ4v) is 3.57. The normalized spacial score (nSPS) is 20.0. The van der Waals surface area contributed by atoms with Crippen LogP contribution in [0.1, 0.15) is 11.3 Å². The van der Waals surface area contributed by atoms with Gasteiger partial charge in [0.05, 0.1) is 23.9 Å². The molecule has 0 saturated carbocycles. The van der Waals surface area contributed by atoms with Crippen LogP contribution in [-0.4, -0.2) is 49.1 Å². The Hall–Kier alpha value is -1.70. The Morgan fingerprint density at radius 2 is 1.85 bits per heavy atom. The van der Waals surface area contributed by atoms with Gasteiger partial charge >= 0.3 is 5.91 Å². The Bertz CT molecular complexity index is 885. The minimum absolute atomic E-state index is 0. The van der Waals surface area contributed by atoms with Crippen LogP contribution < -0.4 is 22.6 Å². The number of anilines is 1. The van der Waals surface area contributed by atoms with E-state index in [1.807, 2.05) is 18.2 Å². The van der Waals surface area contributed by atoms with Crippen molar-refractivity contribution in [3.8, 4) is 0 Å². The van der Waals surface area contributed by atoms with Crippen LogP contribution in [0.4, 0.5) is 5.69 Å². The van der Waals surface area contributed by atoms with Crippen molar-refractivity contribution in [1.29, 1.82) is 0 Å². The highest BCUT2D eigenvalue weighted by molar-refractivity contribution is 6.36. The number of carbonyl (C=O) groups excluding carboxylic acids is 1. The third kappa shape index (κ3) is 4.10. The molecule has 0 bridgehead atoms. The minimum Gasteiger partial charge on any atom is -1.00 e. The van der Waals surface area contributed by atoms with E-state index in [0.717, 1.165) is 10.5 Å². The molecule has 0 radical (unpaired) electrons. The van der Waals surface area contributed by atoms with Gasteiger partial charge in [-0.3, -0.25) is 4.79 Å². The van der Waals surface area contributed by atoms with E-state index >= 15 is 0 Å². The van der Waals surface area contributed by atoms with Gasteiger partial charge < -0.3 is 27.4 Å². The zero-order chi connectivity index (χ0) is 18.1. The lowest BCUT2D eigenvalue weighted by atomic mass is 10.1. The summed E-state index contributed by atoms with van der Waals surface area (Å²) in [5, 5.41) is 3.81. The molecule has 1 unspecified atom stereocenters. The van der Waals surface area contributed by atoms with Gasteiger partial charge in [0, 0.05) is 5.56 Å². The second-order valence-electron chi connectivity index (χ2n) is 6.15. The van der Waals surface area contributed by atoms with Gasteiger partial charge in [-0.25, -0.2) is 9.98 Å². The second kappa shape index (κ2) is 8.54. The summed E-state index contributed by atoms with van der Waals surface area (Å²) >= 11 is 12.5. The molecule has 9 heteroatoms. The quantitative estimate of drug-likeness (QED) is 0.569. The lowest BCUT2D eigenvalue weighted by molar-refractivity contribution is -0.922. The van der Waals surface area contributed by atoms with Crippen LogP contribution in [0.3, 0.4) is 0 Å². The molecule has 1 fully saturated rings. The van der Waals surface area contributed by atoms with Gasteiger partial charge in [0.15, 0.2) is 0 Å². The van der Waals surface area contributed by atoms with Gasteiger partial charge in [0.25, 0.3) is 6.17 Å². The fourth-order valence-electron chi connectivity index (χ4n) is 3.20. The highest BCUT2D eigenvalue weighted by Gasteiger charge is 2.35. The van der Waals surface area contributed by atoms with Crippen molar-refractivity contribution in [2.24, 2.45) is 4.99 Å². The van der Waals surface area contributed by atoms with Crippen LogP contribution in [0.5, 0.6) is 0 Å². The standard InChI is InChI=1S/C18H16Cl2N4O2.ClH/c19-12-4-2-1-3-11(12)15-16-13(5-6-14(20)22-16)21-18(25)17(23-15)24-7-9-26-10-8-24;/h1-6,17H,7-10H2,(H,21,25);1H. The molecular formula is C18H17Cl3N4O2. The Morgan fingerprint density at radius 3 is 2.59 bits per heavy atom. The molecule has 1 amide bonds. The number of benzene rings is 1. The number of carbonyl (C=O) groups is 1. The number of nitrogens with zero attached hydrogens (tertiary/aromatic N) is 2. The summed E-state index contributed by atoms with van der Waals surface area (Å²) < 4.78 is 5.41. The topological polar surface area (TPSA) is 68.0 Å². The molecule has 2 aliphatic rings. The first kappa shape index (κ1) is 20.0. The van der Waals surface area contributed by atoms with Crippen molar-refractivity contribution in [3.05, 3.63) is 57.8 Å². The van der Waals surface area contributed by atoms with Gasteiger partial charge in [-0.1, -0.05) is 41.4 Å². The number of rotatable bonds is 2. The van der Waals surface area contributed by atoms with Crippen molar-refractivity contribution in [1.82, 2.24) is 4.98 Å².